The molecule has 2 rings (SSSR count). The van der Waals surface area contributed by atoms with Crippen LogP contribution in [0.2, 0.25) is 0 Å². The van der Waals surface area contributed by atoms with Crippen LogP contribution in [0.3, 0.4) is 0 Å². The maximum absolute atomic E-state index is 5.46. The second-order valence-corrected chi connectivity index (χ2v) is 3.66. The fourth-order valence-corrected chi connectivity index (χ4v) is 1.62. The van der Waals surface area contributed by atoms with Gasteiger partial charge in [-0.1, -0.05) is 46.0 Å². The average Bonchev–Trinajstić information content (AvgIpc) is 2.80. The van der Waals surface area contributed by atoms with Crippen LogP contribution in [-0.4, -0.2) is 18.5 Å². The smallest absolute Gasteiger partial charge is 0.185 e. The molecule has 2 nitrogen and oxygen atoms in total. The van der Waals surface area contributed by atoms with Crippen molar-refractivity contribution in [3.8, 4) is 11.8 Å². The third-order valence-corrected chi connectivity index (χ3v) is 2.41. The average molecular weight is 267 g/mol. The van der Waals surface area contributed by atoms with Crippen molar-refractivity contribution in [1.29, 1.82) is 0 Å². The zero-order valence-electron chi connectivity index (χ0n) is 8.20. The van der Waals surface area contributed by atoms with Crippen molar-refractivity contribution < 1.29 is 9.47 Å². The first-order valence-electron chi connectivity index (χ1n) is 4.79. The topological polar surface area (TPSA) is 18.5 Å². The summed E-state index contributed by atoms with van der Waals surface area (Å²) in [5, 5.41) is 0.674. The first-order valence-corrected chi connectivity index (χ1v) is 5.91. The Labute approximate surface area is 97.7 Å². The normalized spacial score (nSPS) is 16.1. The van der Waals surface area contributed by atoms with Gasteiger partial charge < -0.3 is 9.47 Å². The molecule has 1 aromatic carbocycles. The molecule has 0 aromatic heterocycles. The summed E-state index contributed by atoms with van der Waals surface area (Å²) in [5.74, 6) is 6.07. The molecule has 0 bridgehead atoms. The minimum atomic E-state index is -0.245. The molecule has 1 heterocycles. The Kier molecular flexibility index (Phi) is 3.79. The molecule has 78 valence electrons. The molecule has 0 spiro atoms. The molecule has 0 atom stereocenters. The second-order valence-electron chi connectivity index (χ2n) is 3.10. The van der Waals surface area contributed by atoms with Crippen LogP contribution in [0.25, 0.3) is 0 Å². The molecule has 1 aromatic rings. The van der Waals surface area contributed by atoms with Gasteiger partial charge in [0.25, 0.3) is 0 Å². The molecule has 1 fully saturated rings. The minimum absolute atomic E-state index is 0.245. The fourth-order valence-electron chi connectivity index (χ4n) is 1.48. The highest BCUT2D eigenvalue weighted by Crippen LogP contribution is 2.25. The third-order valence-electron chi connectivity index (χ3n) is 2.13. The Bertz CT molecular complexity index is 386. The van der Waals surface area contributed by atoms with Gasteiger partial charge >= 0.3 is 0 Å². The lowest BCUT2D eigenvalue weighted by atomic mass is 10.1. The van der Waals surface area contributed by atoms with E-state index < -0.39 is 0 Å². The van der Waals surface area contributed by atoms with Gasteiger partial charge in [-0.05, 0) is 6.07 Å². The summed E-state index contributed by atoms with van der Waals surface area (Å²) in [6.07, 6.45) is -0.245. The lowest BCUT2D eigenvalue weighted by molar-refractivity contribution is -0.0442. The fraction of sp³-hybridized carbons (Fsp3) is 0.333. The molecule has 0 aliphatic carbocycles. The summed E-state index contributed by atoms with van der Waals surface area (Å²) >= 11 is 3.28. The van der Waals surface area contributed by atoms with Crippen LogP contribution in [0.1, 0.15) is 17.4 Å². The van der Waals surface area contributed by atoms with Crippen LogP contribution in [0, 0.1) is 11.8 Å². The highest BCUT2D eigenvalue weighted by atomic mass is 79.9. The van der Waals surface area contributed by atoms with E-state index in [0.29, 0.717) is 18.5 Å². The van der Waals surface area contributed by atoms with E-state index in [1.165, 1.54) is 0 Å². The van der Waals surface area contributed by atoms with Crippen LogP contribution < -0.4 is 0 Å². The molecule has 1 aliphatic rings. The summed E-state index contributed by atoms with van der Waals surface area (Å²) < 4.78 is 10.9. The summed E-state index contributed by atoms with van der Waals surface area (Å²) in [4.78, 5) is 0. The molecule has 1 aliphatic heterocycles. The molecule has 0 radical (unpaired) electrons. The SMILES string of the molecule is BrCC#Cc1ccccc1C1OCCO1. The van der Waals surface area contributed by atoms with Crippen molar-refractivity contribution in [3.05, 3.63) is 35.4 Å². The van der Waals surface area contributed by atoms with Gasteiger partial charge in [0.1, 0.15) is 0 Å². The summed E-state index contributed by atoms with van der Waals surface area (Å²) in [5.41, 5.74) is 1.99. The molecule has 0 unspecified atom stereocenters. The molecule has 15 heavy (non-hydrogen) atoms. The summed E-state index contributed by atoms with van der Waals surface area (Å²) in [7, 11) is 0. The molecule has 0 N–H and O–H groups in total. The van der Waals surface area contributed by atoms with E-state index in [1.54, 1.807) is 0 Å². The van der Waals surface area contributed by atoms with E-state index in [9.17, 15) is 0 Å². The minimum Gasteiger partial charge on any atom is -0.346 e. The van der Waals surface area contributed by atoms with E-state index >= 15 is 0 Å². The molecule has 1 saturated heterocycles. The molecule has 0 saturated carbocycles. The number of alkyl halides is 1. The van der Waals surface area contributed by atoms with Crippen LogP contribution in [0.4, 0.5) is 0 Å². The first kappa shape index (κ1) is 10.7. The molecule has 0 amide bonds. The number of ether oxygens (including phenoxy) is 2. The van der Waals surface area contributed by atoms with Crippen molar-refractivity contribution >= 4 is 15.9 Å². The maximum atomic E-state index is 5.46. The van der Waals surface area contributed by atoms with Gasteiger partial charge in [-0.3, -0.25) is 0 Å². The molecular formula is C12H11BrO2. The van der Waals surface area contributed by atoms with Gasteiger partial charge in [-0.15, -0.1) is 0 Å². The Balaban J connectivity index is 2.28. The van der Waals surface area contributed by atoms with Crippen molar-refractivity contribution in [2.45, 2.75) is 6.29 Å². The van der Waals surface area contributed by atoms with E-state index in [1.807, 2.05) is 24.3 Å². The standard InChI is InChI=1S/C12H11BrO2/c13-7-3-5-10-4-1-2-6-11(10)12-14-8-9-15-12/h1-2,4,6,12H,7-9H2. The quantitative estimate of drug-likeness (QED) is 0.575. The van der Waals surface area contributed by atoms with Gasteiger partial charge in [-0.2, -0.15) is 0 Å². The summed E-state index contributed by atoms with van der Waals surface area (Å²) in [6, 6.07) is 7.92. The van der Waals surface area contributed by atoms with Crippen LogP contribution in [0.5, 0.6) is 0 Å². The van der Waals surface area contributed by atoms with Gasteiger partial charge in [0, 0.05) is 11.1 Å². The number of benzene rings is 1. The van der Waals surface area contributed by atoms with Crippen molar-refractivity contribution in [3.63, 3.8) is 0 Å². The maximum Gasteiger partial charge on any atom is 0.185 e. The van der Waals surface area contributed by atoms with Crippen molar-refractivity contribution in [2.24, 2.45) is 0 Å². The highest BCUT2D eigenvalue weighted by Gasteiger charge is 2.20. The number of hydrogen-bond acceptors (Lipinski definition) is 2. The first-order chi connectivity index (χ1) is 7.42. The predicted molar refractivity (Wildman–Crippen MR) is 61.8 cm³/mol. The van der Waals surface area contributed by atoms with Crippen LogP contribution in [-0.2, 0) is 9.47 Å². The van der Waals surface area contributed by atoms with Gasteiger partial charge in [-0.25, -0.2) is 0 Å². The van der Waals surface area contributed by atoms with Crippen molar-refractivity contribution in [1.82, 2.24) is 0 Å². The lowest BCUT2D eigenvalue weighted by Crippen LogP contribution is -2.00. The predicted octanol–water partition coefficient (Wildman–Crippen LogP) is 2.48. The Hall–Kier alpha value is -0.820. The highest BCUT2D eigenvalue weighted by molar-refractivity contribution is 9.09. The Morgan fingerprint density at radius 1 is 1.27 bits per heavy atom. The monoisotopic (exact) mass is 266 g/mol. The second kappa shape index (κ2) is 5.32. The largest absolute Gasteiger partial charge is 0.346 e. The van der Waals surface area contributed by atoms with E-state index in [-0.39, 0.29) is 6.29 Å². The van der Waals surface area contributed by atoms with Crippen LogP contribution >= 0.6 is 15.9 Å². The Morgan fingerprint density at radius 2 is 2.00 bits per heavy atom. The lowest BCUT2D eigenvalue weighted by Gasteiger charge is -2.10. The van der Waals surface area contributed by atoms with Crippen LogP contribution in [0.15, 0.2) is 24.3 Å². The van der Waals surface area contributed by atoms with Gasteiger partial charge in [0.05, 0.1) is 18.5 Å². The third kappa shape index (κ3) is 2.60. The molecular weight excluding hydrogens is 256 g/mol. The van der Waals surface area contributed by atoms with E-state index in [2.05, 4.69) is 27.8 Å². The van der Waals surface area contributed by atoms with Gasteiger partial charge in [0.15, 0.2) is 6.29 Å². The number of halogens is 1. The number of rotatable bonds is 1. The van der Waals surface area contributed by atoms with E-state index in [4.69, 9.17) is 9.47 Å². The summed E-state index contributed by atoms with van der Waals surface area (Å²) in [6.45, 7) is 1.32. The Morgan fingerprint density at radius 3 is 2.73 bits per heavy atom. The number of hydrogen-bond donors (Lipinski definition) is 0. The van der Waals surface area contributed by atoms with E-state index in [0.717, 1.165) is 11.1 Å². The zero-order valence-corrected chi connectivity index (χ0v) is 9.79. The van der Waals surface area contributed by atoms with Crippen molar-refractivity contribution in [2.75, 3.05) is 18.5 Å². The zero-order chi connectivity index (χ0) is 10.5. The molecule has 3 heteroatoms. The van der Waals surface area contributed by atoms with Gasteiger partial charge in [0.2, 0.25) is 0 Å².